The van der Waals surface area contributed by atoms with Crippen LogP contribution >= 0.6 is 0 Å². The van der Waals surface area contributed by atoms with Gasteiger partial charge in [0.15, 0.2) is 0 Å². The molecule has 0 N–H and O–H groups in total. The van der Waals surface area contributed by atoms with E-state index in [0.717, 1.165) is 39.0 Å². The van der Waals surface area contributed by atoms with Gasteiger partial charge in [0.2, 0.25) is 0 Å². The first-order valence-electron chi connectivity index (χ1n) is 15.7. The van der Waals surface area contributed by atoms with Crippen LogP contribution in [0.2, 0.25) is 0 Å². The number of fused-ring (bicyclic) bond motifs is 5. The fourth-order valence-corrected chi connectivity index (χ4v) is 6.75. The lowest BCUT2D eigenvalue weighted by atomic mass is 9.98. The maximum absolute atomic E-state index is 6.38. The van der Waals surface area contributed by atoms with Gasteiger partial charge in [-0.1, -0.05) is 121 Å². The van der Waals surface area contributed by atoms with E-state index in [1.807, 2.05) is 0 Å². The minimum atomic E-state index is 0.887. The van der Waals surface area contributed by atoms with Gasteiger partial charge >= 0.3 is 0 Å². The molecule has 0 saturated heterocycles. The van der Waals surface area contributed by atoms with Crippen LogP contribution in [-0.4, -0.2) is 0 Å². The quantitative estimate of drug-likeness (QED) is 0.199. The molecule has 0 bridgehead atoms. The van der Waals surface area contributed by atoms with Gasteiger partial charge in [-0.05, 0) is 93.0 Å². The molecule has 0 fully saturated rings. The summed E-state index contributed by atoms with van der Waals surface area (Å²) >= 11 is 0. The van der Waals surface area contributed by atoms with E-state index in [1.165, 1.54) is 43.8 Å². The van der Waals surface area contributed by atoms with Gasteiger partial charge in [0, 0.05) is 27.5 Å². The van der Waals surface area contributed by atoms with Crippen LogP contribution in [0, 0.1) is 0 Å². The molecule has 1 aromatic heterocycles. The van der Waals surface area contributed by atoms with Crippen molar-refractivity contribution >= 4 is 60.5 Å². The summed E-state index contributed by atoms with van der Waals surface area (Å²) < 4.78 is 6.38. The molecular weight excluding hydrogens is 558 g/mol. The van der Waals surface area contributed by atoms with E-state index in [1.54, 1.807) is 0 Å². The lowest BCUT2D eigenvalue weighted by molar-refractivity contribution is 0.669. The van der Waals surface area contributed by atoms with Gasteiger partial charge in [-0.3, -0.25) is 0 Å². The third-order valence-electron chi connectivity index (χ3n) is 8.99. The Morgan fingerprint density at radius 2 is 0.913 bits per heavy atom. The second-order valence-corrected chi connectivity index (χ2v) is 11.8. The van der Waals surface area contributed by atoms with Crippen molar-refractivity contribution in [3.05, 3.63) is 176 Å². The van der Waals surface area contributed by atoms with Crippen molar-refractivity contribution in [1.82, 2.24) is 0 Å². The van der Waals surface area contributed by atoms with Crippen molar-refractivity contribution in [2.45, 2.75) is 0 Å². The fraction of sp³-hybridized carbons (Fsp3) is 0. The number of benzene rings is 8. The third-order valence-corrected chi connectivity index (χ3v) is 8.99. The SMILES string of the molecule is c1ccc(-c2cccc(-c3cccc(N(c4ccc5oc6cc7ccccc7cc6c5c4)c4cccc5ccccc45)c3)c2)cc1. The van der Waals surface area contributed by atoms with Crippen molar-refractivity contribution in [1.29, 1.82) is 0 Å². The topological polar surface area (TPSA) is 16.4 Å². The van der Waals surface area contributed by atoms with Crippen molar-refractivity contribution < 1.29 is 4.42 Å². The molecule has 2 nitrogen and oxygen atoms in total. The van der Waals surface area contributed by atoms with Crippen LogP contribution in [0.4, 0.5) is 17.1 Å². The maximum Gasteiger partial charge on any atom is 0.136 e. The monoisotopic (exact) mass is 587 g/mol. The standard InChI is InChI=1S/C44H29NO/c1-2-11-30(12-3-1)32-17-8-18-33(25-32)34-19-9-20-37(26-34)45(42-22-10-16-31-13-6-7-21-39(31)42)38-23-24-43-41(29-38)40-27-35-14-4-5-15-36(35)28-44(40)46-43/h1-29H. The van der Waals surface area contributed by atoms with E-state index >= 15 is 0 Å². The normalized spacial score (nSPS) is 11.5. The molecule has 0 aliphatic rings. The highest BCUT2D eigenvalue weighted by atomic mass is 16.3. The minimum Gasteiger partial charge on any atom is -0.456 e. The molecule has 0 atom stereocenters. The van der Waals surface area contributed by atoms with Crippen LogP contribution in [0.25, 0.3) is 65.7 Å². The fourth-order valence-electron chi connectivity index (χ4n) is 6.75. The van der Waals surface area contributed by atoms with E-state index in [9.17, 15) is 0 Å². The summed E-state index contributed by atoms with van der Waals surface area (Å²) in [6.07, 6.45) is 0. The molecule has 0 amide bonds. The molecule has 0 unspecified atom stereocenters. The average molecular weight is 588 g/mol. The van der Waals surface area contributed by atoms with Crippen LogP contribution in [0.15, 0.2) is 180 Å². The van der Waals surface area contributed by atoms with E-state index in [4.69, 9.17) is 4.42 Å². The van der Waals surface area contributed by atoms with Crippen LogP contribution in [0.5, 0.6) is 0 Å². The Morgan fingerprint density at radius 3 is 1.76 bits per heavy atom. The first kappa shape index (κ1) is 26.3. The maximum atomic E-state index is 6.38. The van der Waals surface area contributed by atoms with Gasteiger partial charge in [-0.2, -0.15) is 0 Å². The van der Waals surface area contributed by atoms with Gasteiger partial charge in [-0.15, -0.1) is 0 Å². The average Bonchev–Trinajstić information content (AvgIpc) is 3.48. The largest absolute Gasteiger partial charge is 0.456 e. The molecule has 9 aromatic rings. The molecule has 0 aliphatic carbocycles. The first-order valence-corrected chi connectivity index (χ1v) is 15.7. The molecular formula is C44H29NO. The van der Waals surface area contributed by atoms with Gasteiger partial charge in [0.05, 0.1) is 5.69 Å². The molecule has 8 aromatic carbocycles. The molecule has 0 aliphatic heterocycles. The van der Waals surface area contributed by atoms with E-state index in [2.05, 4.69) is 181 Å². The Hall–Kier alpha value is -6.12. The van der Waals surface area contributed by atoms with E-state index in [-0.39, 0.29) is 0 Å². The van der Waals surface area contributed by atoms with Crippen molar-refractivity contribution in [2.75, 3.05) is 4.90 Å². The number of anilines is 3. The van der Waals surface area contributed by atoms with E-state index in [0.29, 0.717) is 0 Å². The van der Waals surface area contributed by atoms with Crippen LogP contribution in [0.3, 0.4) is 0 Å². The lowest BCUT2D eigenvalue weighted by Crippen LogP contribution is -2.10. The Kier molecular flexibility index (Phi) is 6.17. The lowest BCUT2D eigenvalue weighted by Gasteiger charge is -2.27. The van der Waals surface area contributed by atoms with E-state index < -0.39 is 0 Å². The number of furan rings is 1. The van der Waals surface area contributed by atoms with Gasteiger partial charge in [0.1, 0.15) is 11.2 Å². The predicted octanol–water partition coefficient (Wildman–Crippen LogP) is 12.7. The number of hydrogen-bond acceptors (Lipinski definition) is 2. The third kappa shape index (κ3) is 4.51. The summed E-state index contributed by atoms with van der Waals surface area (Å²) in [4.78, 5) is 2.38. The number of rotatable bonds is 5. The van der Waals surface area contributed by atoms with Gasteiger partial charge in [0.25, 0.3) is 0 Å². The Labute approximate surface area is 267 Å². The number of hydrogen-bond donors (Lipinski definition) is 0. The molecule has 2 heteroatoms. The highest BCUT2D eigenvalue weighted by molar-refractivity contribution is 6.11. The smallest absolute Gasteiger partial charge is 0.136 e. The summed E-state index contributed by atoms with van der Waals surface area (Å²) in [5, 5.41) is 7.03. The Morgan fingerprint density at radius 1 is 0.326 bits per heavy atom. The van der Waals surface area contributed by atoms with Crippen molar-refractivity contribution in [3.8, 4) is 22.3 Å². The van der Waals surface area contributed by atoms with Crippen molar-refractivity contribution in [3.63, 3.8) is 0 Å². The minimum absolute atomic E-state index is 0.887. The molecule has 1 heterocycles. The predicted molar refractivity (Wildman–Crippen MR) is 194 cm³/mol. The zero-order valence-electron chi connectivity index (χ0n) is 25.1. The summed E-state index contributed by atoms with van der Waals surface area (Å²) in [6, 6.07) is 62.8. The highest BCUT2D eigenvalue weighted by Gasteiger charge is 2.18. The number of nitrogens with zero attached hydrogens (tertiary/aromatic N) is 1. The van der Waals surface area contributed by atoms with Gasteiger partial charge in [-0.25, -0.2) is 0 Å². The molecule has 0 spiro atoms. The Bertz CT molecular complexity index is 2540. The van der Waals surface area contributed by atoms with Gasteiger partial charge < -0.3 is 9.32 Å². The highest BCUT2D eigenvalue weighted by Crippen LogP contribution is 2.43. The van der Waals surface area contributed by atoms with Crippen LogP contribution in [-0.2, 0) is 0 Å². The van der Waals surface area contributed by atoms with Crippen LogP contribution in [0.1, 0.15) is 0 Å². The van der Waals surface area contributed by atoms with Crippen LogP contribution < -0.4 is 4.90 Å². The zero-order chi connectivity index (χ0) is 30.5. The van der Waals surface area contributed by atoms with Crippen molar-refractivity contribution in [2.24, 2.45) is 0 Å². The summed E-state index contributed by atoms with van der Waals surface area (Å²) in [5.74, 6) is 0. The summed E-state index contributed by atoms with van der Waals surface area (Å²) in [6.45, 7) is 0. The first-order chi connectivity index (χ1) is 22.8. The molecule has 0 radical (unpaired) electrons. The second kappa shape index (κ2) is 10.8. The second-order valence-electron chi connectivity index (χ2n) is 11.8. The zero-order valence-corrected chi connectivity index (χ0v) is 25.1. The summed E-state index contributed by atoms with van der Waals surface area (Å²) in [5.41, 5.74) is 9.87. The Balaban J connectivity index is 1.24. The molecule has 216 valence electrons. The summed E-state index contributed by atoms with van der Waals surface area (Å²) in [7, 11) is 0. The molecule has 46 heavy (non-hydrogen) atoms. The molecule has 9 rings (SSSR count). The molecule has 0 saturated carbocycles.